The topological polar surface area (TPSA) is 64.1 Å². The van der Waals surface area contributed by atoms with Crippen LogP contribution in [0.5, 0.6) is 5.75 Å². The lowest BCUT2D eigenvalue weighted by molar-refractivity contribution is -0.116. The minimum Gasteiger partial charge on any atom is -0.496 e. The summed E-state index contributed by atoms with van der Waals surface area (Å²) < 4.78 is 6.11. The van der Waals surface area contributed by atoms with Gasteiger partial charge in [0.2, 0.25) is 11.0 Å². The van der Waals surface area contributed by atoms with Crippen molar-refractivity contribution in [3.63, 3.8) is 0 Å². The van der Waals surface area contributed by atoms with Crippen LogP contribution in [0.25, 0.3) is 0 Å². The molecular weight excluding hydrogens is 402 g/mol. The Morgan fingerprint density at radius 1 is 1.32 bits per heavy atom. The number of hydrogen-bond donors (Lipinski definition) is 1. The maximum atomic E-state index is 12.2. The van der Waals surface area contributed by atoms with Crippen LogP contribution >= 0.6 is 27.3 Å². The van der Waals surface area contributed by atoms with Crippen molar-refractivity contribution in [2.45, 2.75) is 50.9 Å². The molecule has 1 aliphatic carbocycles. The Kier molecular flexibility index (Phi) is 6.42. The molecular formula is C18H22BrN3O2S. The van der Waals surface area contributed by atoms with E-state index in [0.29, 0.717) is 23.9 Å². The molecule has 0 unspecified atom stereocenters. The lowest BCUT2D eigenvalue weighted by Crippen LogP contribution is -2.12. The molecule has 1 fully saturated rings. The number of nitrogens with one attached hydrogen (secondary N) is 1. The highest BCUT2D eigenvalue weighted by Crippen LogP contribution is 2.35. The average molecular weight is 424 g/mol. The van der Waals surface area contributed by atoms with Crippen molar-refractivity contribution in [2.75, 3.05) is 12.4 Å². The summed E-state index contributed by atoms with van der Waals surface area (Å²) >= 11 is 4.99. The highest BCUT2D eigenvalue weighted by atomic mass is 79.9. The summed E-state index contributed by atoms with van der Waals surface area (Å²) in [5.74, 6) is 1.28. The third-order valence-corrected chi connectivity index (χ3v) is 6.12. The molecule has 1 heterocycles. The maximum Gasteiger partial charge on any atom is 0.226 e. The molecule has 0 radical (unpaired) electrons. The summed E-state index contributed by atoms with van der Waals surface area (Å²) in [7, 11) is 1.64. The number of rotatable bonds is 6. The molecule has 0 aliphatic heterocycles. The van der Waals surface area contributed by atoms with Gasteiger partial charge < -0.3 is 10.1 Å². The zero-order valence-corrected chi connectivity index (χ0v) is 16.7. The number of benzene rings is 1. The van der Waals surface area contributed by atoms with Gasteiger partial charge in [-0.25, -0.2) is 0 Å². The van der Waals surface area contributed by atoms with E-state index >= 15 is 0 Å². The number of carbonyl (C=O) groups is 1. The van der Waals surface area contributed by atoms with Crippen molar-refractivity contribution in [2.24, 2.45) is 0 Å². The largest absolute Gasteiger partial charge is 0.496 e. The summed E-state index contributed by atoms with van der Waals surface area (Å²) in [5, 5.41) is 13.0. The number of aryl methyl sites for hydroxylation is 1. The summed E-state index contributed by atoms with van der Waals surface area (Å²) in [5.41, 5.74) is 1.09. The van der Waals surface area contributed by atoms with Crippen molar-refractivity contribution >= 4 is 38.3 Å². The first-order valence-electron chi connectivity index (χ1n) is 8.61. The number of anilines is 1. The van der Waals surface area contributed by atoms with Crippen molar-refractivity contribution in [1.82, 2.24) is 10.2 Å². The highest BCUT2D eigenvalue weighted by Gasteiger charge is 2.20. The molecule has 1 amide bonds. The fraction of sp³-hybridized carbons (Fsp3) is 0.500. The van der Waals surface area contributed by atoms with Gasteiger partial charge in [0.05, 0.1) is 11.6 Å². The predicted molar refractivity (Wildman–Crippen MR) is 103 cm³/mol. The second kappa shape index (κ2) is 8.76. The summed E-state index contributed by atoms with van der Waals surface area (Å²) in [6, 6.07) is 5.86. The Labute approximate surface area is 160 Å². The monoisotopic (exact) mass is 423 g/mol. The zero-order chi connectivity index (χ0) is 17.6. The van der Waals surface area contributed by atoms with E-state index < -0.39 is 0 Å². The Morgan fingerprint density at radius 2 is 2.12 bits per heavy atom. The lowest BCUT2D eigenvalue weighted by Gasteiger charge is -2.18. The first-order valence-corrected chi connectivity index (χ1v) is 10.2. The third-order valence-electron chi connectivity index (χ3n) is 4.50. The number of methoxy groups -OCH3 is 1. The van der Waals surface area contributed by atoms with E-state index in [1.165, 1.54) is 43.4 Å². The standard InChI is InChI=1S/C18H22BrN3O2S/c1-24-15-9-7-12(11-14(15)19)8-10-16(23)20-18-22-21-17(25-18)13-5-3-2-4-6-13/h7,9,11,13H,2-6,8,10H2,1H3,(H,20,22,23). The number of hydrogen-bond acceptors (Lipinski definition) is 5. The number of carbonyl (C=O) groups excluding carboxylic acids is 1. The van der Waals surface area contributed by atoms with E-state index in [1.54, 1.807) is 7.11 Å². The van der Waals surface area contributed by atoms with Gasteiger partial charge in [0, 0.05) is 12.3 Å². The second-order valence-electron chi connectivity index (χ2n) is 6.30. The van der Waals surface area contributed by atoms with Gasteiger partial charge >= 0.3 is 0 Å². The lowest BCUT2D eigenvalue weighted by atomic mass is 9.90. The molecule has 3 rings (SSSR count). The van der Waals surface area contributed by atoms with Crippen molar-refractivity contribution in [1.29, 1.82) is 0 Å². The van der Waals surface area contributed by atoms with Crippen LogP contribution < -0.4 is 10.1 Å². The molecule has 134 valence electrons. The fourth-order valence-electron chi connectivity index (χ4n) is 3.10. The molecule has 1 aromatic heterocycles. The van der Waals surface area contributed by atoms with Gasteiger partial charge in [-0.05, 0) is 52.9 Å². The van der Waals surface area contributed by atoms with Gasteiger partial charge in [-0.3, -0.25) is 4.79 Å². The molecule has 5 nitrogen and oxygen atoms in total. The van der Waals surface area contributed by atoms with Gasteiger partial charge in [0.25, 0.3) is 0 Å². The van der Waals surface area contributed by atoms with Gasteiger partial charge in [-0.2, -0.15) is 0 Å². The number of amides is 1. The zero-order valence-electron chi connectivity index (χ0n) is 14.3. The molecule has 0 bridgehead atoms. The van der Waals surface area contributed by atoms with Gasteiger partial charge in [0.15, 0.2) is 0 Å². The number of halogens is 1. The van der Waals surface area contributed by atoms with Gasteiger partial charge in [-0.15, -0.1) is 10.2 Å². The van der Waals surface area contributed by atoms with E-state index in [-0.39, 0.29) is 5.91 Å². The van der Waals surface area contributed by atoms with Crippen LogP contribution in [0.1, 0.15) is 55.0 Å². The minimum absolute atomic E-state index is 0.0294. The van der Waals surface area contributed by atoms with Crippen LogP contribution in [0.3, 0.4) is 0 Å². The van der Waals surface area contributed by atoms with Crippen molar-refractivity contribution in [3.8, 4) is 5.75 Å². The number of nitrogens with zero attached hydrogens (tertiary/aromatic N) is 2. The molecule has 1 saturated carbocycles. The first-order chi connectivity index (χ1) is 12.2. The molecule has 7 heteroatoms. The molecule has 1 aliphatic rings. The van der Waals surface area contributed by atoms with Crippen LogP contribution in [0.2, 0.25) is 0 Å². The first kappa shape index (κ1) is 18.3. The van der Waals surface area contributed by atoms with E-state index in [2.05, 4.69) is 31.4 Å². The van der Waals surface area contributed by atoms with Crippen LogP contribution in [0.15, 0.2) is 22.7 Å². The molecule has 1 N–H and O–H groups in total. The Bertz CT molecular complexity index is 729. The summed E-state index contributed by atoms with van der Waals surface area (Å²) in [6.07, 6.45) is 7.32. The third kappa shape index (κ3) is 5.01. The molecule has 25 heavy (non-hydrogen) atoms. The van der Waals surface area contributed by atoms with Crippen molar-refractivity contribution in [3.05, 3.63) is 33.2 Å². The quantitative estimate of drug-likeness (QED) is 0.715. The normalized spacial score (nSPS) is 15.1. The van der Waals surface area contributed by atoms with Crippen LogP contribution in [0.4, 0.5) is 5.13 Å². The molecule has 0 spiro atoms. The molecule has 1 aromatic carbocycles. The smallest absolute Gasteiger partial charge is 0.226 e. The Balaban J connectivity index is 1.51. The van der Waals surface area contributed by atoms with Crippen LogP contribution in [0, 0.1) is 0 Å². The van der Waals surface area contributed by atoms with Crippen LogP contribution in [-0.4, -0.2) is 23.2 Å². The summed E-state index contributed by atoms with van der Waals surface area (Å²) in [4.78, 5) is 12.2. The van der Waals surface area contributed by atoms with Gasteiger partial charge in [0.1, 0.15) is 10.8 Å². The Morgan fingerprint density at radius 3 is 2.84 bits per heavy atom. The maximum absolute atomic E-state index is 12.2. The minimum atomic E-state index is -0.0294. The average Bonchev–Trinajstić information content (AvgIpc) is 3.09. The van der Waals surface area contributed by atoms with Gasteiger partial charge in [-0.1, -0.05) is 36.7 Å². The van der Waals surface area contributed by atoms with Crippen LogP contribution in [-0.2, 0) is 11.2 Å². The Hall–Kier alpha value is -1.47. The molecule has 0 saturated heterocycles. The fourth-order valence-corrected chi connectivity index (χ4v) is 4.62. The van der Waals surface area contributed by atoms with E-state index in [9.17, 15) is 4.79 Å². The SMILES string of the molecule is COc1ccc(CCC(=O)Nc2nnc(C3CCCCC3)s2)cc1Br. The van der Waals surface area contributed by atoms with Crippen molar-refractivity contribution < 1.29 is 9.53 Å². The summed E-state index contributed by atoms with van der Waals surface area (Å²) in [6.45, 7) is 0. The number of aromatic nitrogens is 2. The second-order valence-corrected chi connectivity index (χ2v) is 8.16. The van der Waals surface area contributed by atoms with E-state index in [1.807, 2.05) is 18.2 Å². The predicted octanol–water partition coefficient (Wildman–Crippen LogP) is 4.93. The number of ether oxygens (including phenoxy) is 1. The van der Waals surface area contributed by atoms with E-state index in [4.69, 9.17) is 4.74 Å². The molecule has 0 atom stereocenters. The van der Waals surface area contributed by atoms with E-state index in [0.717, 1.165) is 20.8 Å². The molecule has 2 aromatic rings. The highest BCUT2D eigenvalue weighted by molar-refractivity contribution is 9.10.